The minimum atomic E-state index is -0.977. The number of benzene rings is 1. The Bertz CT molecular complexity index is 895. The lowest BCUT2D eigenvalue weighted by Gasteiger charge is -2.42. The number of aliphatic carboxylic acids is 1. The third-order valence-corrected chi connectivity index (χ3v) is 5.93. The lowest BCUT2D eigenvalue weighted by atomic mass is 9.62. The predicted octanol–water partition coefficient (Wildman–Crippen LogP) is 6.36. The molecule has 0 fully saturated rings. The highest BCUT2D eigenvalue weighted by atomic mass is 16.4. The van der Waals surface area contributed by atoms with Gasteiger partial charge in [-0.05, 0) is 83.9 Å². The molecule has 0 amide bonds. The molecule has 0 saturated heterocycles. The van der Waals surface area contributed by atoms with Gasteiger partial charge in [0.25, 0.3) is 0 Å². The number of aryl methyl sites for hydroxylation is 1. The van der Waals surface area contributed by atoms with E-state index in [0.717, 1.165) is 22.8 Å². The summed E-state index contributed by atoms with van der Waals surface area (Å²) in [6.07, 6.45) is 6.72. The molecule has 150 valence electrons. The van der Waals surface area contributed by atoms with Crippen molar-refractivity contribution in [2.75, 3.05) is 0 Å². The Morgan fingerprint density at radius 3 is 2.14 bits per heavy atom. The Kier molecular flexibility index (Phi) is 6.18. The number of allylic oxidation sites excluding steroid dienone is 3. The van der Waals surface area contributed by atoms with Crippen LogP contribution in [0.3, 0.4) is 0 Å². The first-order valence-corrected chi connectivity index (χ1v) is 9.82. The Labute approximate surface area is 169 Å². The number of hydrogen-bond acceptors (Lipinski definition) is 2. The van der Waals surface area contributed by atoms with Crippen LogP contribution in [0, 0.1) is 6.92 Å². The summed E-state index contributed by atoms with van der Waals surface area (Å²) in [6, 6.07) is 4.67. The molecule has 28 heavy (non-hydrogen) atoms. The van der Waals surface area contributed by atoms with Crippen molar-refractivity contribution in [2.45, 2.75) is 72.1 Å². The summed E-state index contributed by atoms with van der Waals surface area (Å²) >= 11 is 0. The van der Waals surface area contributed by atoms with Gasteiger partial charge in [-0.25, -0.2) is 4.79 Å². The van der Waals surface area contributed by atoms with Crippen molar-refractivity contribution in [3.8, 4) is 0 Å². The first kappa shape index (κ1) is 21.9. The minimum Gasteiger partial charge on any atom is -0.478 e. The van der Waals surface area contributed by atoms with Crippen LogP contribution in [0.1, 0.15) is 76.6 Å². The van der Waals surface area contributed by atoms with Crippen LogP contribution in [0.2, 0.25) is 0 Å². The predicted molar refractivity (Wildman–Crippen MR) is 119 cm³/mol. The van der Waals surface area contributed by atoms with Crippen molar-refractivity contribution in [3.05, 3.63) is 64.9 Å². The van der Waals surface area contributed by atoms with Crippen molar-refractivity contribution < 1.29 is 9.90 Å². The third-order valence-electron chi connectivity index (χ3n) is 5.93. The number of nitrogens with zero attached hydrogens (tertiary/aromatic N) is 1. The monoisotopic (exact) mass is 379 g/mol. The molecule has 0 aliphatic heterocycles. The summed E-state index contributed by atoms with van der Waals surface area (Å²) < 4.78 is 0. The minimum absolute atomic E-state index is 0.154. The molecule has 1 aliphatic rings. The van der Waals surface area contributed by atoms with Crippen LogP contribution in [-0.4, -0.2) is 16.8 Å². The van der Waals surface area contributed by atoms with Gasteiger partial charge >= 0.3 is 5.97 Å². The van der Waals surface area contributed by atoms with Crippen LogP contribution < -0.4 is 0 Å². The number of aliphatic imine (C=N–C) groups is 1. The fourth-order valence-corrected chi connectivity index (χ4v) is 3.77. The van der Waals surface area contributed by atoms with E-state index < -0.39 is 5.97 Å². The van der Waals surface area contributed by atoms with Crippen molar-refractivity contribution >= 4 is 17.3 Å². The van der Waals surface area contributed by atoms with E-state index in [2.05, 4.69) is 58.3 Å². The first-order valence-electron chi connectivity index (χ1n) is 9.82. The summed E-state index contributed by atoms with van der Waals surface area (Å²) in [5.41, 5.74) is 8.17. The van der Waals surface area contributed by atoms with Gasteiger partial charge in [-0.1, -0.05) is 46.4 Å². The highest BCUT2D eigenvalue weighted by molar-refractivity contribution is 5.98. The maximum absolute atomic E-state index is 10.6. The molecular weight excluding hydrogens is 346 g/mol. The Morgan fingerprint density at radius 2 is 1.61 bits per heavy atom. The summed E-state index contributed by atoms with van der Waals surface area (Å²) in [4.78, 5) is 15.0. The van der Waals surface area contributed by atoms with E-state index in [9.17, 15) is 4.79 Å². The van der Waals surface area contributed by atoms with Gasteiger partial charge in [-0.2, -0.15) is 0 Å². The standard InChI is InChI=1S/C25H33NO2/c1-16-13-21-22(25(7,8)12-11-24(21,5)6)14-20(16)19(4)17(2)15-26-18(3)9-10-23(27)28/h9-10,13-15H,4,11-12H2,1-3,5-8H3,(H,27,28)/b10-9+,17-15-,26-18-. The van der Waals surface area contributed by atoms with E-state index in [-0.39, 0.29) is 10.8 Å². The fraction of sp³-hybridized carbons (Fsp3) is 0.440. The topological polar surface area (TPSA) is 49.7 Å². The molecule has 0 heterocycles. The van der Waals surface area contributed by atoms with E-state index in [1.807, 2.05) is 6.92 Å². The van der Waals surface area contributed by atoms with Crippen LogP contribution in [0.5, 0.6) is 0 Å². The normalized spacial score (nSPS) is 18.8. The summed E-state index contributed by atoms with van der Waals surface area (Å²) in [6.45, 7) is 19.6. The van der Waals surface area contributed by atoms with E-state index >= 15 is 0 Å². The zero-order chi connectivity index (χ0) is 21.3. The highest BCUT2D eigenvalue weighted by Gasteiger charge is 2.37. The zero-order valence-electron chi connectivity index (χ0n) is 18.3. The number of rotatable bonds is 5. The molecule has 1 aromatic carbocycles. The molecule has 0 atom stereocenters. The van der Waals surface area contributed by atoms with Gasteiger partial charge in [0.2, 0.25) is 0 Å². The van der Waals surface area contributed by atoms with Crippen LogP contribution in [0.25, 0.3) is 5.57 Å². The molecule has 0 radical (unpaired) electrons. The second-order valence-corrected chi connectivity index (χ2v) is 9.21. The van der Waals surface area contributed by atoms with Crippen LogP contribution >= 0.6 is 0 Å². The molecule has 2 rings (SSSR count). The summed E-state index contributed by atoms with van der Waals surface area (Å²) in [5.74, 6) is -0.977. The van der Waals surface area contributed by atoms with E-state index in [0.29, 0.717) is 5.71 Å². The molecule has 0 aromatic heterocycles. The molecule has 3 heteroatoms. The second-order valence-electron chi connectivity index (χ2n) is 9.21. The molecule has 0 spiro atoms. The number of carboxylic acids is 1. The molecule has 3 nitrogen and oxygen atoms in total. The van der Waals surface area contributed by atoms with Gasteiger partial charge in [0.05, 0.1) is 0 Å². The SMILES string of the molecule is C=C(\C(C)=C/N=C(C)\C=C\C(=O)O)c1cc2c(cc1C)C(C)(C)CCC2(C)C. The maximum atomic E-state index is 10.6. The summed E-state index contributed by atoms with van der Waals surface area (Å²) in [5, 5.41) is 8.71. The maximum Gasteiger partial charge on any atom is 0.328 e. The largest absolute Gasteiger partial charge is 0.478 e. The second kappa shape index (κ2) is 7.90. The van der Waals surface area contributed by atoms with Crippen LogP contribution in [0.4, 0.5) is 0 Å². The van der Waals surface area contributed by atoms with Crippen molar-refractivity contribution in [2.24, 2.45) is 4.99 Å². The molecular formula is C25H33NO2. The summed E-state index contributed by atoms with van der Waals surface area (Å²) in [7, 11) is 0. The Hall–Kier alpha value is -2.42. The fourth-order valence-electron chi connectivity index (χ4n) is 3.77. The van der Waals surface area contributed by atoms with Gasteiger partial charge in [-0.15, -0.1) is 0 Å². The molecule has 1 aliphatic carbocycles. The van der Waals surface area contributed by atoms with Crippen molar-refractivity contribution in [3.63, 3.8) is 0 Å². The van der Waals surface area contributed by atoms with E-state index in [1.54, 1.807) is 13.1 Å². The number of fused-ring (bicyclic) bond motifs is 1. The molecule has 1 N–H and O–H groups in total. The first-order chi connectivity index (χ1) is 12.8. The van der Waals surface area contributed by atoms with Crippen molar-refractivity contribution in [1.82, 2.24) is 0 Å². The van der Waals surface area contributed by atoms with Crippen LogP contribution in [0.15, 0.2) is 47.6 Å². The average molecular weight is 380 g/mol. The van der Waals surface area contributed by atoms with E-state index in [4.69, 9.17) is 5.11 Å². The molecule has 0 saturated carbocycles. The third kappa shape index (κ3) is 4.70. The molecule has 0 bridgehead atoms. The molecule has 0 unspecified atom stereocenters. The quantitative estimate of drug-likeness (QED) is 0.367. The molecule has 1 aromatic rings. The lowest BCUT2D eigenvalue weighted by Crippen LogP contribution is -2.34. The zero-order valence-corrected chi connectivity index (χ0v) is 18.3. The van der Waals surface area contributed by atoms with Gasteiger partial charge in [0.1, 0.15) is 0 Å². The number of hydrogen-bond donors (Lipinski definition) is 1. The average Bonchev–Trinajstić information content (AvgIpc) is 2.61. The van der Waals surface area contributed by atoms with Gasteiger partial charge in [0.15, 0.2) is 0 Å². The lowest BCUT2D eigenvalue weighted by molar-refractivity contribution is -0.131. The number of carboxylic acid groups (broad SMARTS) is 1. The number of carbonyl (C=O) groups is 1. The van der Waals surface area contributed by atoms with E-state index in [1.165, 1.54) is 35.6 Å². The van der Waals surface area contributed by atoms with Gasteiger partial charge in [-0.3, -0.25) is 4.99 Å². The van der Waals surface area contributed by atoms with Gasteiger partial charge in [0, 0.05) is 18.0 Å². The Morgan fingerprint density at radius 1 is 1.07 bits per heavy atom. The Balaban J connectivity index is 2.43. The van der Waals surface area contributed by atoms with Crippen molar-refractivity contribution in [1.29, 1.82) is 0 Å². The highest BCUT2D eigenvalue weighted by Crippen LogP contribution is 2.47. The smallest absolute Gasteiger partial charge is 0.328 e. The van der Waals surface area contributed by atoms with Gasteiger partial charge < -0.3 is 5.11 Å². The van der Waals surface area contributed by atoms with Crippen LogP contribution in [-0.2, 0) is 15.6 Å².